The van der Waals surface area contributed by atoms with E-state index in [4.69, 9.17) is 0 Å². The maximum atomic E-state index is 12.3. The third-order valence-corrected chi connectivity index (χ3v) is 4.89. The van der Waals surface area contributed by atoms with E-state index in [0.29, 0.717) is 5.69 Å². The number of thiazole rings is 1. The van der Waals surface area contributed by atoms with E-state index in [1.807, 2.05) is 48.6 Å². The molecular formula is C17H22N4OS. The van der Waals surface area contributed by atoms with Gasteiger partial charge in [0.2, 0.25) is 0 Å². The molecule has 1 N–H and O–H groups in total. The SMILES string of the molecule is CN(C)c1ccc(NC(=O)c2csc(N3CCCCC3)n2)cc1. The molecule has 0 radical (unpaired) electrons. The van der Waals surface area contributed by atoms with Crippen molar-refractivity contribution in [3.63, 3.8) is 0 Å². The highest BCUT2D eigenvalue weighted by Crippen LogP contribution is 2.24. The van der Waals surface area contributed by atoms with Gasteiger partial charge in [-0.2, -0.15) is 0 Å². The maximum absolute atomic E-state index is 12.3. The van der Waals surface area contributed by atoms with Gasteiger partial charge in [0, 0.05) is 43.9 Å². The number of carbonyl (C=O) groups is 1. The maximum Gasteiger partial charge on any atom is 0.275 e. The minimum atomic E-state index is -0.151. The van der Waals surface area contributed by atoms with Crippen LogP contribution in [0.3, 0.4) is 0 Å². The van der Waals surface area contributed by atoms with E-state index in [2.05, 4.69) is 15.2 Å². The zero-order valence-corrected chi connectivity index (χ0v) is 14.4. The molecule has 0 bridgehead atoms. The molecule has 1 aromatic heterocycles. The lowest BCUT2D eigenvalue weighted by Crippen LogP contribution is -2.29. The number of benzene rings is 1. The first-order valence-electron chi connectivity index (χ1n) is 7.93. The molecule has 122 valence electrons. The number of carbonyl (C=O) groups excluding carboxylic acids is 1. The first-order valence-corrected chi connectivity index (χ1v) is 8.80. The molecule has 1 saturated heterocycles. The summed E-state index contributed by atoms with van der Waals surface area (Å²) in [5, 5.41) is 5.71. The summed E-state index contributed by atoms with van der Waals surface area (Å²) in [6.45, 7) is 2.08. The Morgan fingerprint density at radius 1 is 1.17 bits per heavy atom. The van der Waals surface area contributed by atoms with Crippen molar-refractivity contribution in [2.24, 2.45) is 0 Å². The Labute approximate surface area is 140 Å². The Bertz CT molecular complexity index is 659. The summed E-state index contributed by atoms with van der Waals surface area (Å²) in [6, 6.07) is 7.78. The van der Waals surface area contributed by atoms with E-state index in [1.54, 1.807) is 11.3 Å². The smallest absolute Gasteiger partial charge is 0.275 e. The molecule has 1 amide bonds. The van der Waals surface area contributed by atoms with Crippen LogP contribution >= 0.6 is 11.3 Å². The molecule has 2 aromatic rings. The van der Waals surface area contributed by atoms with E-state index in [1.165, 1.54) is 19.3 Å². The predicted octanol–water partition coefficient (Wildman–Crippen LogP) is 3.45. The van der Waals surface area contributed by atoms with Crippen molar-refractivity contribution in [3.05, 3.63) is 35.3 Å². The summed E-state index contributed by atoms with van der Waals surface area (Å²) in [5.41, 5.74) is 2.38. The number of rotatable bonds is 4. The third kappa shape index (κ3) is 3.82. The molecule has 0 atom stereocenters. The van der Waals surface area contributed by atoms with Crippen LogP contribution in [0, 0.1) is 0 Å². The highest BCUT2D eigenvalue weighted by Gasteiger charge is 2.17. The van der Waals surface area contributed by atoms with E-state index in [0.717, 1.165) is 29.6 Å². The number of nitrogens with one attached hydrogen (secondary N) is 1. The van der Waals surface area contributed by atoms with Gasteiger partial charge < -0.3 is 15.1 Å². The van der Waals surface area contributed by atoms with Crippen molar-refractivity contribution in [2.45, 2.75) is 19.3 Å². The van der Waals surface area contributed by atoms with Gasteiger partial charge in [0.25, 0.3) is 5.91 Å². The fourth-order valence-electron chi connectivity index (χ4n) is 2.64. The molecule has 23 heavy (non-hydrogen) atoms. The summed E-state index contributed by atoms with van der Waals surface area (Å²) >= 11 is 1.55. The van der Waals surface area contributed by atoms with Crippen LogP contribution in [0.1, 0.15) is 29.8 Å². The molecular weight excluding hydrogens is 308 g/mol. The zero-order valence-electron chi connectivity index (χ0n) is 13.6. The largest absolute Gasteiger partial charge is 0.378 e. The monoisotopic (exact) mass is 330 g/mol. The summed E-state index contributed by atoms with van der Waals surface area (Å²) in [5.74, 6) is -0.151. The highest BCUT2D eigenvalue weighted by atomic mass is 32.1. The van der Waals surface area contributed by atoms with E-state index in [-0.39, 0.29) is 5.91 Å². The number of anilines is 3. The van der Waals surface area contributed by atoms with E-state index < -0.39 is 0 Å². The normalized spacial score (nSPS) is 14.6. The molecule has 1 aromatic carbocycles. The number of amides is 1. The Morgan fingerprint density at radius 2 is 1.87 bits per heavy atom. The van der Waals surface area contributed by atoms with Gasteiger partial charge >= 0.3 is 0 Å². The number of piperidine rings is 1. The average Bonchev–Trinajstić information content (AvgIpc) is 3.06. The third-order valence-electron chi connectivity index (χ3n) is 3.99. The van der Waals surface area contributed by atoms with E-state index in [9.17, 15) is 4.79 Å². The lowest BCUT2D eigenvalue weighted by molar-refractivity contribution is 0.102. The Kier molecular flexibility index (Phi) is 4.81. The first kappa shape index (κ1) is 15.8. The first-order chi connectivity index (χ1) is 11.1. The Morgan fingerprint density at radius 3 is 2.52 bits per heavy atom. The van der Waals surface area contributed by atoms with Crippen LogP contribution in [0.2, 0.25) is 0 Å². The van der Waals surface area contributed by atoms with Gasteiger partial charge in [-0.25, -0.2) is 4.98 Å². The van der Waals surface area contributed by atoms with Crippen LogP contribution in [-0.2, 0) is 0 Å². The molecule has 1 aliphatic rings. The van der Waals surface area contributed by atoms with Crippen LogP contribution in [0.15, 0.2) is 29.6 Å². The summed E-state index contributed by atoms with van der Waals surface area (Å²) < 4.78 is 0. The summed E-state index contributed by atoms with van der Waals surface area (Å²) in [7, 11) is 3.98. The number of hydrogen-bond acceptors (Lipinski definition) is 5. The molecule has 0 aliphatic carbocycles. The van der Waals surface area contributed by atoms with Crippen molar-refractivity contribution in [1.29, 1.82) is 0 Å². The molecule has 1 fully saturated rings. The van der Waals surface area contributed by atoms with Gasteiger partial charge in [0.1, 0.15) is 5.69 Å². The van der Waals surface area contributed by atoms with Gasteiger partial charge in [0.15, 0.2) is 5.13 Å². The summed E-state index contributed by atoms with van der Waals surface area (Å²) in [6.07, 6.45) is 3.71. The average molecular weight is 330 g/mol. The molecule has 3 rings (SSSR count). The molecule has 5 nitrogen and oxygen atoms in total. The minimum Gasteiger partial charge on any atom is -0.378 e. The van der Waals surface area contributed by atoms with Crippen molar-refractivity contribution >= 4 is 33.8 Å². The molecule has 0 unspecified atom stereocenters. The lowest BCUT2D eigenvalue weighted by Gasteiger charge is -2.25. The highest BCUT2D eigenvalue weighted by molar-refractivity contribution is 7.14. The Hall–Kier alpha value is -2.08. The van der Waals surface area contributed by atoms with Gasteiger partial charge in [0.05, 0.1) is 0 Å². The van der Waals surface area contributed by atoms with Gasteiger partial charge in [-0.3, -0.25) is 4.79 Å². The zero-order chi connectivity index (χ0) is 16.2. The minimum absolute atomic E-state index is 0.151. The molecule has 0 saturated carbocycles. The molecule has 0 spiro atoms. The number of nitrogens with zero attached hydrogens (tertiary/aromatic N) is 3. The van der Waals surface area contributed by atoms with Crippen molar-refractivity contribution in [2.75, 3.05) is 42.3 Å². The topological polar surface area (TPSA) is 48.5 Å². The fraction of sp³-hybridized carbons (Fsp3) is 0.412. The lowest BCUT2D eigenvalue weighted by atomic mass is 10.1. The van der Waals surface area contributed by atoms with Crippen molar-refractivity contribution < 1.29 is 4.79 Å². The second kappa shape index (κ2) is 7.00. The molecule has 2 heterocycles. The van der Waals surface area contributed by atoms with Crippen LogP contribution < -0.4 is 15.1 Å². The second-order valence-corrected chi connectivity index (χ2v) is 6.80. The standard InChI is InChI=1S/C17H22N4OS/c1-20(2)14-8-6-13(7-9-14)18-16(22)15-12-23-17(19-15)21-10-4-3-5-11-21/h6-9,12H,3-5,10-11H2,1-2H3,(H,18,22). The Balaban J connectivity index is 1.65. The number of aromatic nitrogens is 1. The van der Waals surface area contributed by atoms with Gasteiger partial charge in [-0.15, -0.1) is 11.3 Å². The quantitative estimate of drug-likeness (QED) is 0.933. The molecule has 1 aliphatic heterocycles. The van der Waals surface area contributed by atoms with Crippen LogP contribution in [0.4, 0.5) is 16.5 Å². The predicted molar refractivity (Wildman–Crippen MR) is 96.9 cm³/mol. The summed E-state index contributed by atoms with van der Waals surface area (Å²) in [4.78, 5) is 21.1. The van der Waals surface area contributed by atoms with Crippen LogP contribution in [-0.4, -0.2) is 38.1 Å². The number of hydrogen-bond donors (Lipinski definition) is 1. The van der Waals surface area contributed by atoms with Crippen molar-refractivity contribution in [1.82, 2.24) is 4.98 Å². The van der Waals surface area contributed by atoms with Gasteiger partial charge in [-0.05, 0) is 43.5 Å². The fourth-order valence-corrected chi connectivity index (χ4v) is 3.50. The van der Waals surface area contributed by atoms with Crippen molar-refractivity contribution in [3.8, 4) is 0 Å². The molecule has 6 heteroatoms. The second-order valence-electron chi connectivity index (χ2n) is 5.96. The van der Waals surface area contributed by atoms with E-state index >= 15 is 0 Å². The van der Waals surface area contributed by atoms with Crippen LogP contribution in [0.5, 0.6) is 0 Å². The van der Waals surface area contributed by atoms with Gasteiger partial charge in [-0.1, -0.05) is 0 Å². The van der Waals surface area contributed by atoms with Crippen LogP contribution in [0.25, 0.3) is 0 Å².